The predicted molar refractivity (Wildman–Crippen MR) is 61.4 cm³/mol. The third kappa shape index (κ3) is 3.70. The summed E-state index contributed by atoms with van der Waals surface area (Å²) in [5.41, 5.74) is 0.738. The van der Waals surface area contributed by atoms with Crippen LogP contribution < -0.4 is 0 Å². The number of morpholine rings is 1. The molecule has 1 saturated heterocycles. The van der Waals surface area contributed by atoms with Crippen LogP contribution in [-0.4, -0.2) is 42.8 Å². The predicted octanol–water partition coefficient (Wildman–Crippen LogP) is 1.82. The van der Waals surface area contributed by atoms with Gasteiger partial charge in [-0.3, -0.25) is 4.79 Å². The lowest BCUT2D eigenvalue weighted by atomic mass is 10.1. The van der Waals surface area contributed by atoms with Crippen molar-refractivity contribution in [2.24, 2.45) is 0 Å². The zero-order chi connectivity index (χ0) is 13.9. The minimum atomic E-state index is -4.43. The molecule has 1 unspecified atom stereocenters. The standard InChI is InChI=1S/C13H13F3NO2/c14-13(15,16)11-9-17(6-7-19-11)12(18)8-10-4-2-1-3-5-10/h1-2,4-5,11H,6-9H2. The van der Waals surface area contributed by atoms with Crippen LogP contribution in [0, 0.1) is 6.07 Å². The maximum absolute atomic E-state index is 12.5. The maximum Gasteiger partial charge on any atom is 0.416 e. The van der Waals surface area contributed by atoms with Crippen molar-refractivity contribution < 1.29 is 22.7 Å². The minimum absolute atomic E-state index is 0.0852. The van der Waals surface area contributed by atoms with Crippen molar-refractivity contribution >= 4 is 5.91 Å². The Morgan fingerprint density at radius 2 is 2.32 bits per heavy atom. The highest BCUT2D eigenvalue weighted by molar-refractivity contribution is 5.78. The first-order valence-corrected chi connectivity index (χ1v) is 5.88. The number of ether oxygens (including phenoxy) is 1. The average molecular weight is 272 g/mol. The molecule has 6 heteroatoms. The van der Waals surface area contributed by atoms with Gasteiger partial charge in [-0.15, -0.1) is 0 Å². The summed E-state index contributed by atoms with van der Waals surface area (Å²) in [5, 5.41) is 0. The second-order valence-electron chi connectivity index (χ2n) is 4.33. The number of halogens is 3. The van der Waals surface area contributed by atoms with Crippen LogP contribution in [0.3, 0.4) is 0 Å². The molecular formula is C13H13F3NO2. The molecule has 1 aromatic rings. The fraction of sp³-hybridized carbons (Fsp3) is 0.462. The van der Waals surface area contributed by atoms with E-state index in [-0.39, 0.29) is 25.5 Å². The molecule has 0 aromatic heterocycles. The van der Waals surface area contributed by atoms with Crippen molar-refractivity contribution in [3.05, 3.63) is 35.9 Å². The van der Waals surface area contributed by atoms with E-state index in [1.165, 1.54) is 4.90 Å². The summed E-state index contributed by atoms with van der Waals surface area (Å²) < 4.78 is 42.3. The third-order valence-corrected chi connectivity index (χ3v) is 2.91. The first-order valence-electron chi connectivity index (χ1n) is 5.88. The fourth-order valence-electron chi connectivity index (χ4n) is 1.90. The number of hydrogen-bond donors (Lipinski definition) is 0. The zero-order valence-electron chi connectivity index (χ0n) is 10.1. The molecule has 19 heavy (non-hydrogen) atoms. The lowest BCUT2D eigenvalue weighted by Crippen LogP contribution is -2.51. The maximum atomic E-state index is 12.5. The Kier molecular flexibility index (Phi) is 4.09. The summed E-state index contributed by atoms with van der Waals surface area (Å²) >= 11 is 0. The largest absolute Gasteiger partial charge is 0.416 e. The molecule has 1 amide bonds. The van der Waals surface area contributed by atoms with Gasteiger partial charge in [0.1, 0.15) is 0 Å². The fourth-order valence-corrected chi connectivity index (χ4v) is 1.90. The molecule has 0 aliphatic carbocycles. The normalized spacial score (nSPS) is 20.4. The van der Waals surface area contributed by atoms with Gasteiger partial charge in [0.2, 0.25) is 5.91 Å². The van der Waals surface area contributed by atoms with Crippen molar-refractivity contribution in [3.63, 3.8) is 0 Å². The number of amides is 1. The molecule has 0 saturated carbocycles. The van der Waals surface area contributed by atoms with Gasteiger partial charge in [0.15, 0.2) is 6.10 Å². The van der Waals surface area contributed by atoms with E-state index in [0.29, 0.717) is 0 Å². The number of carbonyl (C=O) groups excluding carboxylic acids is 1. The van der Waals surface area contributed by atoms with Crippen molar-refractivity contribution in [3.8, 4) is 0 Å². The van der Waals surface area contributed by atoms with Gasteiger partial charge in [-0.25, -0.2) is 0 Å². The highest BCUT2D eigenvalue weighted by Crippen LogP contribution is 2.25. The summed E-state index contributed by atoms with van der Waals surface area (Å²) in [7, 11) is 0. The van der Waals surface area contributed by atoms with Crippen molar-refractivity contribution in [1.29, 1.82) is 0 Å². The Hall–Kier alpha value is -1.56. The molecule has 1 aliphatic rings. The van der Waals surface area contributed by atoms with Gasteiger partial charge in [-0.1, -0.05) is 24.3 Å². The van der Waals surface area contributed by atoms with E-state index in [4.69, 9.17) is 0 Å². The first-order chi connectivity index (χ1) is 8.97. The van der Waals surface area contributed by atoms with Gasteiger partial charge in [-0.2, -0.15) is 13.2 Å². The Morgan fingerprint density at radius 1 is 1.53 bits per heavy atom. The summed E-state index contributed by atoms with van der Waals surface area (Å²) in [6.07, 6.45) is -6.23. The Bertz CT molecular complexity index is 433. The molecule has 103 valence electrons. The SMILES string of the molecule is O=C(Cc1c[c]ccc1)N1CCOC(C(F)(F)F)C1. The van der Waals surface area contributed by atoms with Crippen LogP contribution in [0.4, 0.5) is 13.2 Å². The third-order valence-electron chi connectivity index (χ3n) is 2.91. The van der Waals surface area contributed by atoms with E-state index >= 15 is 0 Å². The number of hydrogen-bond acceptors (Lipinski definition) is 2. The summed E-state index contributed by atoms with van der Waals surface area (Å²) in [5.74, 6) is -0.322. The number of carbonyl (C=O) groups is 1. The van der Waals surface area contributed by atoms with Gasteiger partial charge in [0, 0.05) is 6.54 Å². The number of alkyl halides is 3. The van der Waals surface area contributed by atoms with Crippen LogP contribution in [0.5, 0.6) is 0 Å². The van der Waals surface area contributed by atoms with Crippen LogP contribution in [0.25, 0.3) is 0 Å². The molecule has 1 fully saturated rings. The quantitative estimate of drug-likeness (QED) is 0.822. The molecule has 1 atom stereocenters. The van der Waals surface area contributed by atoms with Crippen molar-refractivity contribution in [2.75, 3.05) is 19.7 Å². The van der Waals surface area contributed by atoms with Crippen LogP contribution in [0.1, 0.15) is 5.56 Å². The topological polar surface area (TPSA) is 29.5 Å². The first kappa shape index (κ1) is 13.9. The van der Waals surface area contributed by atoms with E-state index in [1.807, 2.05) is 0 Å². The Labute approximate surface area is 109 Å². The van der Waals surface area contributed by atoms with Crippen molar-refractivity contribution in [2.45, 2.75) is 18.7 Å². The lowest BCUT2D eigenvalue weighted by Gasteiger charge is -2.33. The summed E-state index contributed by atoms with van der Waals surface area (Å²) in [4.78, 5) is 13.1. The minimum Gasteiger partial charge on any atom is -0.365 e. The number of nitrogens with zero attached hydrogens (tertiary/aromatic N) is 1. The molecule has 2 rings (SSSR count). The second-order valence-corrected chi connectivity index (χ2v) is 4.33. The molecule has 3 nitrogen and oxygen atoms in total. The van der Waals surface area contributed by atoms with E-state index in [0.717, 1.165) is 5.56 Å². The van der Waals surface area contributed by atoms with Crippen molar-refractivity contribution in [1.82, 2.24) is 4.90 Å². The average Bonchev–Trinajstić information content (AvgIpc) is 2.39. The van der Waals surface area contributed by atoms with E-state index < -0.39 is 18.8 Å². The second kappa shape index (κ2) is 5.61. The van der Waals surface area contributed by atoms with Gasteiger partial charge in [0.05, 0.1) is 19.6 Å². The molecule has 1 radical (unpaired) electrons. The molecule has 1 aliphatic heterocycles. The van der Waals surface area contributed by atoms with Crippen LogP contribution in [-0.2, 0) is 16.0 Å². The molecule has 0 spiro atoms. The number of rotatable bonds is 2. The Balaban J connectivity index is 1.96. The smallest absolute Gasteiger partial charge is 0.365 e. The monoisotopic (exact) mass is 272 g/mol. The molecule has 1 heterocycles. The van der Waals surface area contributed by atoms with Gasteiger partial charge in [0.25, 0.3) is 0 Å². The zero-order valence-corrected chi connectivity index (χ0v) is 10.1. The van der Waals surface area contributed by atoms with E-state index in [2.05, 4.69) is 10.8 Å². The highest BCUT2D eigenvalue weighted by atomic mass is 19.4. The molecule has 0 bridgehead atoms. The highest BCUT2D eigenvalue weighted by Gasteiger charge is 2.44. The van der Waals surface area contributed by atoms with Gasteiger partial charge >= 0.3 is 6.18 Å². The van der Waals surface area contributed by atoms with Crippen LogP contribution >= 0.6 is 0 Å². The molecular weight excluding hydrogens is 259 g/mol. The molecule has 0 N–H and O–H groups in total. The Morgan fingerprint density at radius 3 is 2.95 bits per heavy atom. The van der Waals surface area contributed by atoms with E-state index in [9.17, 15) is 18.0 Å². The summed E-state index contributed by atoms with van der Waals surface area (Å²) in [6, 6.07) is 9.66. The van der Waals surface area contributed by atoms with Gasteiger partial charge in [-0.05, 0) is 11.6 Å². The van der Waals surface area contributed by atoms with E-state index in [1.54, 1.807) is 24.3 Å². The summed E-state index contributed by atoms with van der Waals surface area (Å²) in [6.45, 7) is -0.322. The molecule has 1 aromatic carbocycles. The van der Waals surface area contributed by atoms with Gasteiger partial charge < -0.3 is 9.64 Å². The van der Waals surface area contributed by atoms with Crippen LogP contribution in [0.2, 0.25) is 0 Å². The lowest BCUT2D eigenvalue weighted by molar-refractivity contribution is -0.236. The number of benzene rings is 1. The van der Waals surface area contributed by atoms with Crippen LogP contribution in [0.15, 0.2) is 24.3 Å².